The van der Waals surface area contributed by atoms with Crippen molar-refractivity contribution in [3.63, 3.8) is 0 Å². The van der Waals surface area contributed by atoms with Crippen LogP contribution in [0.5, 0.6) is 0 Å². The molecular weight excluding hydrogens is 183 g/mol. The SMILES string of the molecule is [CH2-]CC.[N-]=C=S.[Y]. The molecule has 0 spiro atoms. The summed E-state index contributed by atoms with van der Waals surface area (Å²) < 4.78 is 0. The summed E-state index contributed by atoms with van der Waals surface area (Å²) in [6.07, 6.45) is 1.00. The zero-order chi connectivity index (χ0) is 5.41. The van der Waals surface area contributed by atoms with Crippen LogP contribution in [0.3, 0.4) is 0 Å². The number of thiocarbonyl (C=S) groups is 1. The summed E-state index contributed by atoms with van der Waals surface area (Å²) in [6, 6.07) is 0. The van der Waals surface area contributed by atoms with E-state index >= 15 is 0 Å². The van der Waals surface area contributed by atoms with E-state index in [1.165, 1.54) is 5.16 Å². The molecule has 0 N–H and O–H groups in total. The minimum absolute atomic E-state index is 0. The van der Waals surface area contributed by atoms with E-state index in [-0.39, 0.29) is 32.7 Å². The number of hydrogen-bond acceptors (Lipinski definition) is 1. The molecule has 0 aliphatic rings. The summed E-state index contributed by atoms with van der Waals surface area (Å²) in [5.74, 6) is 0. The van der Waals surface area contributed by atoms with Gasteiger partial charge in [-0.05, 0) is 0 Å². The second kappa shape index (κ2) is 28.5. The summed E-state index contributed by atoms with van der Waals surface area (Å²) in [6.45, 7) is 5.50. The van der Waals surface area contributed by atoms with E-state index in [9.17, 15) is 0 Å². The third kappa shape index (κ3) is 203. The van der Waals surface area contributed by atoms with Crippen LogP contribution in [0, 0.1) is 6.92 Å². The number of rotatable bonds is 0. The van der Waals surface area contributed by atoms with Crippen LogP contribution in [0.2, 0.25) is 0 Å². The third-order valence-electron chi connectivity index (χ3n) is 0. The van der Waals surface area contributed by atoms with Crippen LogP contribution in [0.15, 0.2) is 0 Å². The fourth-order valence-electron chi connectivity index (χ4n) is 0. The van der Waals surface area contributed by atoms with Gasteiger partial charge >= 0.3 is 0 Å². The monoisotopic (exact) mass is 190 g/mol. The predicted octanol–water partition coefficient (Wildman–Crippen LogP) is 1.89. The molecule has 0 bridgehead atoms. The van der Waals surface area contributed by atoms with Crippen molar-refractivity contribution < 1.29 is 32.7 Å². The van der Waals surface area contributed by atoms with Crippen molar-refractivity contribution in [2.45, 2.75) is 13.3 Å². The van der Waals surface area contributed by atoms with Crippen molar-refractivity contribution in [2.75, 3.05) is 0 Å². The van der Waals surface area contributed by atoms with Gasteiger partial charge < -0.3 is 12.3 Å². The van der Waals surface area contributed by atoms with Crippen LogP contribution >= 0.6 is 12.2 Å². The Morgan fingerprint density at radius 3 is 1.86 bits per heavy atom. The van der Waals surface area contributed by atoms with Gasteiger partial charge in [-0.15, -0.1) is 0 Å². The summed E-state index contributed by atoms with van der Waals surface area (Å²) in [5.41, 5.74) is 0. The average molecular weight is 190 g/mol. The van der Waals surface area contributed by atoms with Gasteiger partial charge in [0, 0.05) is 32.7 Å². The van der Waals surface area contributed by atoms with E-state index in [1.807, 2.05) is 6.92 Å². The minimum Gasteiger partial charge on any atom is -0.753 e. The molecule has 0 aliphatic heterocycles. The van der Waals surface area contributed by atoms with E-state index in [4.69, 9.17) is 5.41 Å². The third-order valence-corrected chi connectivity index (χ3v) is 0. The van der Waals surface area contributed by atoms with Crippen molar-refractivity contribution in [3.05, 3.63) is 12.3 Å². The second-order valence-electron chi connectivity index (χ2n) is 0.591. The number of nitrogens with zero attached hydrogens (tertiary/aromatic N) is 1. The van der Waals surface area contributed by atoms with Gasteiger partial charge in [0.1, 0.15) is 0 Å². The Balaban J connectivity index is -0.0000000400. The van der Waals surface area contributed by atoms with Gasteiger partial charge in [-0.25, -0.2) is 0 Å². The first-order chi connectivity index (χ1) is 2.83. The molecule has 0 amide bonds. The number of isothiocyanates is 1. The van der Waals surface area contributed by atoms with Gasteiger partial charge in [0.15, 0.2) is 0 Å². The Labute approximate surface area is 75.3 Å². The first kappa shape index (κ1) is 15.7. The molecular formula is C4H7NSY-2. The Morgan fingerprint density at radius 2 is 1.86 bits per heavy atom. The maximum absolute atomic E-state index is 7.13. The quantitative estimate of drug-likeness (QED) is 0.325. The van der Waals surface area contributed by atoms with Crippen LogP contribution in [0.1, 0.15) is 13.3 Å². The molecule has 0 saturated heterocycles. The summed E-state index contributed by atoms with van der Waals surface area (Å²) >= 11 is 3.70. The second-order valence-corrected chi connectivity index (χ2v) is 0.774. The average Bonchev–Trinajstić information content (AvgIpc) is 1.39. The van der Waals surface area contributed by atoms with Gasteiger partial charge in [-0.1, -0.05) is 19.1 Å². The van der Waals surface area contributed by atoms with Crippen molar-refractivity contribution in [1.82, 2.24) is 0 Å². The Morgan fingerprint density at radius 1 is 1.86 bits per heavy atom. The molecule has 0 atom stereocenters. The van der Waals surface area contributed by atoms with Crippen molar-refractivity contribution in [2.24, 2.45) is 0 Å². The Kier molecular flexibility index (Phi) is 63.9. The van der Waals surface area contributed by atoms with Crippen LogP contribution in [0.25, 0.3) is 5.41 Å². The molecule has 0 fully saturated rings. The molecule has 0 unspecified atom stereocenters. The van der Waals surface area contributed by atoms with Gasteiger partial charge in [0.25, 0.3) is 0 Å². The zero-order valence-electron chi connectivity index (χ0n) is 4.35. The molecule has 0 aliphatic carbocycles. The Hall–Kier alpha value is 0.904. The van der Waals surface area contributed by atoms with Crippen LogP contribution in [-0.4, -0.2) is 5.16 Å². The van der Waals surface area contributed by atoms with Crippen molar-refractivity contribution in [1.29, 1.82) is 0 Å². The van der Waals surface area contributed by atoms with Gasteiger partial charge in [0.2, 0.25) is 0 Å². The van der Waals surface area contributed by atoms with Crippen molar-refractivity contribution >= 4 is 17.4 Å². The van der Waals surface area contributed by atoms with Gasteiger partial charge in [0.05, 0.1) is 0 Å². The molecule has 0 aromatic rings. The van der Waals surface area contributed by atoms with Crippen LogP contribution in [-0.2, 0) is 32.7 Å². The topological polar surface area (TPSA) is 22.3 Å². The summed E-state index contributed by atoms with van der Waals surface area (Å²) in [7, 11) is 0. The first-order valence-corrected chi connectivity index (χ1v) is 2.04. The smallest absolute Gasteiger partial charge is 0 e. The number of hydrogen-bond donors (Lipinski definition) is 0. The molecule has 1 radical (unpaired) electrons. The molecule has 1 nitrogen and oxygen atoms in total. The predicted molar refractivity (Wildman–Crippen MR) is 31.6 cm³/mol. The molecule has 7 heavy (non-hydrogen) atoms. The molecule has 0 aromatic heterocycles. The molecule has 39 valence electrons. The van der Waals surface area contributed by atoms with E-state index < -0.39 is 0 Å². The minimum atomic E-state index is 0. The van der Waals surface area contributed by atoms with Crippen LogP contribution < -0.4 is 0 Å². The van der Waals surface area contributed by atoms with E-state index in [1.54, 1.807) is 0 Å². The van der Waals surface area contributed by atoms with E-state index in [0.717, 1.165) is 6.42 Å². The molecule has 0 aromatic carbocycles. The normalized spacial score (nSPS) is 3.71. The molecule has 0 heterocycles. The Bertz CT molecular complexity index is 41.0. The fourth-order valence-corrected chi connectivity index (χ4v) is 0. The van der Waals surface area contributed by atoms with E-state index in [2.05, 4.69) is 19.1 Å². The molecule has 0 saturated carbocycles. The van der Waals surface area contributed by atoms with Crippen molar-refractivity contribution in [3.8, 4) is 0 Å². The fraction of sp³-hybridized carbons (Fsp3) is 0.500. The zero-order valence-corrected chi connectivity index (χ0v) is 8.00. The molecule has 3 heteroatoms. The summed E-state index contributed by atoms with van der Waals surface area (Å²) in [5, 5.41) is 8.47. The van der Waals surface area contributed by atoms with Gasteiger partial charge in [-0.3, -0.25) is 0 Å². The van der Waals surface area contributed by atoms with Crippen LogP contribution in [0.4, 0.5) is 0 Å². The standard InChI is InChI=1S/C3H7.CNS.Y/c1-3-2;2-1-3;/h1,3H2,2H3;;/q2*-1;. The molecule has 0 rings (SSSR count). The van der Waals surface area contributed by atoms with Gasteiger partial charge in [-0.2, -0.15) is 11.6 Å². The maximum Gasteiger partial charge on any atom is 0 e. The maximum atomic E-state index is 7.13. The summed E-state index contributed by atoms with van der Waals surface area (Å²) in [4.78, 5) is 0. The first-order valence-electron chi connectivity index (χ1n) is 1.63. The largest absolute Gasteiger partial charge is 0.753 e. The van der Waals surface area contributed by atoms with E-state index in [0.29, 0.717) is 0 Å².